The van der Waals surface area contributed by atoms with E-state index in [9.17, 15) is 13.2 Å². The SMILES string of the molecule is CC1(C)CN=C(c2cnc3ccccc3c2)c2cccc(C(F)(F)F)c2O1. The minimum absolute atomic E-state index is 0.181. The summed E-state index contributed by atoms with van der Waals surface area (Å²) < 4.78 is 46.5. The molecule has 0 saturated heterocycles. The van der Waals surface area contributed by atoms with Crippen LogP contribution >= 0.6 is 0 Å². The van der Waals surface area contributed by atoms with Crippen LogP contribution in [0.4, 0.5) is 13.2 Å². The highest BCUT2D eigenvalue weighted by Gasteiger charge is 2.39. The average molecular weight is 370 g/mol. The van der Waals surface area contributed by atoms with Gasteiger partial charge in [-0.15, -0.1) is 0 Å². The third kappa shape index (κ3) is 3.27. The van der Waals surface area contributed by atoms with E-state index in [2.05, 4.69) is 9.98 Å². The van der Waals surface area contributed by atoms with Gasteiger partial charge in [0.2, 0.25) is 0 Å². The first-order valence-corrected chi connectivity index (χ1v) is 8.54. The molecule has 6 heteroatoms. The normalized spacial score (nSPS) is 16.3. The average Bonchev–Trinajstić information content (AvgIpc) is 2.75. The maximum Gasteiger partial charge on any atom is 0.419 e. The van der Waals surface area contributed by atoms with Crippen molar-refractivity contribution in [3.05, 3.63) is 71.4 Å². The van der Waals surface area contributed by atoms with E-state index in [-0.39, 0.29) is 12.3 Å². The molecule has 27 heavy (non-hydrogen) atoms. The first-order valence-electron chi connectivity index (χ1n) is 8.54. The molecule has 0 unspecified atom stereocenters. The largest absolute Gasteiger partial charge is 0.485 e. The van der Waals surface area contributed by atoms with Crippen LogP contribution in [0.5, 0.6) is 5.75 Å². The van der Waals surface area contributed by atoms with E-state index in [4.69, 9.17) is 4.74 Å². The number of hydrogen-bond donors (Lipinski definition) is 0. The first kappa shape index (κ1) is 17.5. The summed E-state index contributed by atoms with van der Waals surface area (Å²) in [4.78, 5) is 9.03. The Bertz CT molecular complexity index is 1050. The van der Waals surface area contributed by atoms with Crippen molar-refractivity contribution in [3.8, 4) is 5.75 Å². The van der Waals surface area contributed by atoms with Gasteiger partial charge in [-0.25, -0.2) is 0 Å². The number of ether oxygens (including phenoxy) is 1. The van der Waals surface area contributed by atoms with Crippen LogP contribution in [-0.4, -0.2) is 22.8 Å². The van der Waals surface area contributed by atoms with Gasteiger partial charge in [-0.2, -0.15) is 13.2 Å². The summed E-state index contributed by atoms with van der Waals surface area (Å²) in [5.74, 6) is -0.181. The summed E-state index contributed by atoms with van der Waals surface area (Å²) in [7, 11) is 0. The lowest BCUT2D eigenvalue weighted by Gasteiger charge is -2.25. The summed E-state index contributed by atoms with van der Waals surface area (Å²) in [5, 5.41) is 0.899. The number of aliphatic imine (C=N–C) groups is 1. The van der Waals surface area contributed by atoms with Crippen LogP contribution in [0.25, 0.3) is 10.9 Å². The van der Waals surface area contributed by atoms with Gasteiger partial charge in [0.05, 0.1) is 23.3 Å². The van der Waals surface area contributed by atoms with Gasteiger partial charge in [0.1, 0.15) is 11.4 Å². The van der Waals surface area contributed by atoms with Gasteiger partial charge in [0, 0.05) is 22.7 Å². The van der Waals surface area contributed by atoms with Crippen LogP contribution in [-0.2, 0) is 6.18 Å². The van der Waals surface area contributed by atoms with Crippen molar-refractivity contribution in [3.63, 3.8) is 0 Å². The first-order chi connectivity index (χ1) is 12.7. The zero-order valence-corrected chi connectivity index (χ0v) is 14.8. The number of alkyl halides is 3. The molecule has 3 nitrogen and oxygen atoms in total. The van der Waals surface area contributed by atoms with E-state index < -0.39 is 17.3 Å². The van der Waals surface area contributed by atoms with Crippen LogP contribution in [0.2, 0.25) is 0 Å². The quantitative estimate of drug-likeness (QED) is 0.585. The van der Waals surface area contributed by atoms with Gasteiger partial charge < -0.3 is 4.74 Å². The molecule has 0 atom stereocenters. The van der Waals surface area contributed by atoms with Gasteiger partial charge >= 0.3 is 6.18 Å². The Morgan fingerprint density at radius 2 is 1.81 bits per heavy atom. The summed E-state index contributed by atoms with van der Waals surface area (Å²) >= 11 is 0. The van der Waals surface area contributed by atoms with E-state index in [1.807, 2.05) is 30.3 Å². The number of benzene rings is 2. The minimum atomic E-state index is -4.52. The van der Waals surface area contributed by atoms with E-state index in [1.54, 1.807) is 26.1 Å². The lowest BCUT2D eigenvalue weighted by Crippen LogP contribution is -2.32. The number of halogens is 3. The highest BCUT2D eigenvalue weighted by Crippen LogP contribution is 2.41. The van der Waals surface area contributed by atoms with Crippen molar-refractivity contribution < 1.29 is 17.9 Å². The van der Waals surface area contributed by atoms with E-state index in [0.717, 1.165) is 17.0 Å². The fourth-order valence-electron chi connectivity index (χ4n) is 3.17. The van der Waals surface area contributed by atoms with Gasteiger partial charge in [-0.3, -0.25) is 9.98 Å². The summed E-state index contributed by atoms with van der Waals surface area (Å²) in [6.45, 7) is 3.70. The predicted octanol–water partition coefficient (Wildman–Crippen LogP) is 5.26. The molecule has 0 bridgehead atoms. The molecule has 1 aliphatic rings. The molecule has 0 fully saturated rings. The third-order valence-electron chi connectivity index (χ3n) is 4.44. The summed E-state index contributed by atoms with van der Waals surface area (Å²) in [5.41, 5.74) is 0.609. The molecule has 4 rings (SSSR count). The highest BCUT2D eigenvalue weighted by molar-refractivity contribution is 6.15. The molecule has 0 N–H and O–H groups in total. The second-order valence-electron chi connectivity index (χ2n) is 7.12. The lowest BCUT2D eigenvalue weighted by atomic mass is 9.98. The fraction of sp³-hybridized carbons (Fsp3) is 0.238. The number of hydrogen-bond acceptors (Lipinski definition) is 3. The van der Waals surface area contributed by atoms with E-state index >= 15 is 0 Å². The Morgan fingerprint density at radius 3 is 2.59 bits per heavy atom. The van der Waals surface area contributed by atoms with Gasteiger partial charge in [-0.05, 0) is 38.1 Å². The number of fused-ring (bicyclic) bond motifs is 2. The van der Waals surface area contributed by atoms with Crippen LogP contribution in [0.3, 0.4) is 0 Å². The Labute approximate surface area is 154 Å². The van der Waals surface area contributed by atoms with Gasteiger partial charge in [0.25, 0.3) is 0 Å². The zero-order valence-electron chi connectivity index (χ0n) is 14.8. The van der Waals surface area contributed by atoms with Crippen molar-refractivity contribution in [1.82, 2.24) is 4.98 Å². The summed E-state index contributed by atoms with van der Waals surface area (Å²) in [6, 6.07) is 13.5. The maximum absolute atomic E-state index is 13.6. The van der Waals surface area contributed by atoms with Crippen molar-refractivity contribution >= 4 is 16.6 Å². The number of nitrogens with zero attached hydrogens (tertiary/aromatic N) is 2. The van der Waals surface area contributed by atoms with Crippen LogP contribution in [0, 0.1) is 0 Å². The molecule has 0 amide bonds. The molecule has 3 aromatic rings. The molecule has 2 heterocycles. The second-order valence-corrected chi connectivity index (χ2v) is 7.12. The fourth-order valence-corrected chi connectivity index (χ4v) is 3.17. The summed E-state index contributed by atoms with van der Waals surface area (Å²) in [6.07, 6.45) is -2.87. The Morgan fingerprint density at radius 1 is 1.04 bits per heavy atom. The number of aromatic nitrogens is 1. The smallest absolute Gasteiger partial charge is 0.419 e. The zero-order chi connectivity index (χ0) is 19.2. The highest BCUT2D eigenvalue weighted by atomic mass is 19.4. The molecular formula is C21H17F3N2O. The number of rotatable bonds is 1. The Kier molecular flexibility index (Phi) is 3.94. The van der Waals surface area contributed by atoms with Gasteiger partial charge in [-0.1, -0.05) is 24.3 Å². The van der Waals surface area contributed by atoms with Crippen molar-refractivity contribution in [1.29, 1.82) is 0 Å². The molecule has 1 aliphatic heterocycles. The molecule has 2 aromatic carbocycles. The molecule has 0 radical (unpaired) electrons. The molecule has 0 aliphatic carbocycles. The second kappa shape index (κ2) is 6.08. The Hall–Kier alpha value is -2.89. The maximum atomic E-state index is 13.6. The van der Waals surface area contributed by atoms with Crippen LogP contribution in [0.15, 0.2) is 59.7 Å². The van der Waals surface area contributed by atoms with Crippen molar-refractivity contribution in [2.45, 2.75) is 25.6 Å². The van der Waals surface area contributed by atoms with Crippen molar-refractivity contribution in [2.24, 2.45) is 4.99 Å². The topological polar surface area (TPSA) is 34.5 Å². The number of para-hydroxylation sites is 2. The third-order valence-corrected chi connectivity index (χ3v) is 4.44. The minimum Gasteiger partial charge on any atom is -0.485 e. The molecular weight excluding hydrogens is 353 g/mol. The Balaban J connectivity index is 1.95. The van der Waals surface area contributed by atoms with Gasteiger partial charge in [0.15, 0.2) is 0 Å². The number of pyridine rings is 1. The van der Waals surface area contributed by atoms with Crippen molar-refractivity contribution in [2.75, 3.05) is 6.54 Å². The van der Waals surface area contributed by atoms with Crippen LogP contribution < -0.4 is 4.74 Å². The molecule has 0 saturated carbocycles. The monoisotopic (exact) mass is 370 g/mol. The molecule has 138 valence electrons. The molecule has 0 spiro atoms. The standard InChI is InChI=1S/C21H17F3N2O/c1-20(2)12-26-18(14-10-13-6-3-4-9-17(13)25-11-14)15-7-5-8-16(19(15)27-20)21(22,23)24/h3-11H,12H2,1-2H3. The van der Waals surface area contributed by atoms with E-state index in [0.29, 0.717) is 16.8 Å². The van der Waals surface area contributed by atoms with E-state index in [1.165, 1.54) is 6.07 Å². The lowest BCUT2D eigenvalue weighted by molar-refractivity contribution is -0.139. The predicted molar refractivity (Wildman–Crippen MR) is 98.4 cm³/mol. The molecule has 1 aromatic heterocycles. The van der Waals surface area contributed by atoms with Crippen LogP contribution in [0.1, 0.15) is 30.5 Å².